The van der Waals surface area contributed by atoms with Gasteiger partial charge in [-0.25, -0.2) is 8.42 Å². The molecule has 43 heavy (non-hydrogen) atoms. The zero-order chi connectivity index (χ0) is 30.4. The molecule has 5 rings (SSSR count). The van der Waals surface area contributed by atoms with Crippen molar-refractivity contribution in [3.8, 4) is 11.5 Å². The molecular formula is C33H28Cl2N2O5S. The Kier molecular flexibility index (Phi) is 9.52. The predicted molar refractivity (Wildman–Crippen MR) is 171 cm³/mol. The van der Waals surface area contributed by atoms with E-state index < -0.39 is 15.9 Å². The number of benzene rings is 5. The fourth-order valence-electron chi connectivity index (χ4n) is 4.59. The van der Waals surface area contributed by atoms with Crippen molar-refractivity contribution in [2.45, 2.75) is 11.4 Å². The van der Waals surface area contributed by atoms with Crippen LogP contribution < -0.4 is 9.46 Å². The number of nitrogens with zero attached hydrogens (tertiary/aromatic N) is 1. The summed E-state index contributed by atoms with van der Waals surface area (Å²) in [5.41, 5.74) is 1.17. The van der Waals surface area contributed by atoms with Crippen LogP contribution in [0.4, 0.5) is 5.69 Å². The quantitative estimate of drug-likeness (QED) is 0.159. The van der Waals surface area contributed by atoms with Gasteiger partial charge in [-0.05, 0) is 70.9 Å². The first-order valence-electron chi connectivity index (χ1n) is 13.3. The van der Waals surface area contributed by atoms with Crippen molar-refractivity contribution in [3.63, 3.8) is 0 Å². The molecule has 0 bridgehead atoms. The SMILES string of the molecule is COCCN(Cc1cccc2ccccc12)C(=O)c1cc(Cl)ccc1NS(=O)(=O)c1ccc(Oc2ccccc2Cl)cc1. The van der Waals surface area contributed by atoms with Crippen LogP contribution in [-0.4, -0.2) is 39.5 Å². The number of fused-ring (bicyclic) bond motifs is 1. The number of carbonyl (C=O) groups excluding carboxylic acids is 1. The van der Waals surface area contributed by atoms with E-state index >= 15 is 0 Å². The van der Waals surface area contributed by atoms with Crippen molar-refractivity contribution < 1.29 is 22.7 Å². The molecule has 0 radical (unpaired) electrons. The van der Waals surface area contributed by atoms with Crippen LogP contribution in [0.1, 0.15) is 15.9 Å². The molecule has 5 aromatic rings. The van der Waals surface area contributed by atoms with Crippen molar-refractivity contribution in [3.05, 3.63) is 130 Å². The Hall–Kier alpha value is -4.08. The average molecular weight is 636 g/mol. The van der Waals surface area contributed by atoms with E-state index in [4.69, 9.17) is 32.7 Å². The van der Waals surface area contributed by atoms with Gasteiger partial charge in [-0.15, -0.1) is 0 Å². The zero-order valence-corrected chi connectivity index (χ0v) is 25.5. The third kappa shape index (κ3) is 7.29. The number of para-hydroxylation sites is 1. The van der Waals surface area contributed by atoms with E-state index in [2.05, 4.69) is 4.72 Å². The first-order chi connectivity index (χ1) is 20.7. The Morgan fingerprint density at radius 3 is 2.35 bits per heavy atom. The Balaban J connectivity index is 1.41. The number of halogens is 2. The summed E-state index contributed by atoms with van der Waals surface area (Å²) in [7, 11) is -2.52. The van der Waals surface area contributed by atoms with Gasteiger partial charge < -0.3 is 14.4 Å². The lowest BCUT2D eigenvalue weighted by Gasteiger charge is -2.25. The highest BCUT2D eigenvalue weighted by Crippen LogP contribution is 2.31. The van der Waals surface area contributed by atoms with Gasteiger partial charge in [-0.2, -0.15) is 0 Å². The minimum atomic E-state index is -4.08. The van der Waals surface area contributed by atoms with Crippen LogP contribution in [0, 0.1) is 0 Å². The summed E-state index contributed by atoms with van der Waals surface area (Å²) in [6.07, 6.45) is 0. The van der Waals surface area contributed by atoms with Gasteiger partial charge in [0.1, 0.15) is 11.5 Å². The van der Waals surface area contributed by atoms with Gasteiger partial charge in [0, 0.05) is 25.2 Å². The fraction of sp³-hybridized carbons (Fsp3) is 0.121. The summed E-state index contributed by atoms with van der Waals surface area (Å²) in [5.74, 6) is 0.467. The van der Waals surface area contributed by atoms with E-state index in [9.17, 15) is 13.2 Å². The fourth-order valence-corrected chi connectivity index (χ4v) is 6.01. The maximum absolute atomic E-state index is 14.0. The number of hydrogen-bond acceptors (Lipinski definition) is 5. The van der Waals surface area contributed by atoms with E-state index in [0.29, 0.717) is 28.2 Å². The Morgan fingerprint density at radius 2 is 1.58 bits per heavy atom. The standard InChI is InChI=1S/C33H28Cl2N2O5S/c1-41-20-19-37(22-24-9-6-8-23-7-2-3-10-28(23)24)33(38)29-21-25(34)13-18-31(29)36-43(39,40)27-16-14-26(15-17-27)42-32-12-5-4-11-30(32)35/h2-18,21,36H,19-20,22H2,1H3. The molecule has 0 aliphatic heterocycles. The topological polar surface area (TPSA) is 84.9 Å². The van der Waals surface area contributed by atoms with Gasteiger partial charge in [0.25, 0.3) is 15.9 Å². The number of hydrogen-bond donors (Lipinski definition) is 1. The van der Waals surface area contributed by atoms with Gasteiger partial charge in [0.15, 0.2) is 0 Å². The molecule has 0 unspecified atom stereocenters. The Morgan fingerprint density at radius 1 is 0.860 bits per heavy atom. The molecule has 0 atom stereocenters. The number of methoxy groups -OCH3 is 1. The maximum atomic E-state index is 14.0. The van der Waals surface area contributed by atoms with Gasteiger partial charge >= 0.3 is 0 Å². The molecule has 220 valence electrons. The highest BCUT2D eigenvalue weighted by molar-refractivity contribution is 7.92. The first kappa shape index (κ1) is 30.4. The summed E-state index contributed by atoms with van der Waals surface area (Å²) in [6, 6.07) is 31.2. The van der Waals surface area contributed by atoms with Crippen molar-refractivity contribution in [2.24, 2.45) is 0 Å². The minimum Gasteiger partial charge on any atom is -0.456 e. The lowest BCUT2D eigenvalue weighted by molar-refractivity contribution is 0.0682. The highest BCUT2D eigenvalue weighted by Gasteiger charge is 2.24. The summed E-state index contributed by atoms with van der Waals surface area (Å²) in [4.78, 5) is 15.6. The number of ether oxygens (including phenoxy) is 2. The molecule has 1 N–H and O–H groups in total. The monoisotopic (exact) mass is 634 g/mol. The molecular weight excluding hydrogens is 607 g/mol. The molecule has 0 aliphatic rings. The molecule has 1 amide bonds. The van der Waals surface area contributed by atoms with E-state index in [1.807, 2.05) is 42.5 Å². The molecule has 0 heterocycles. The third-order valence-corrected chi connectivity index (χ3v) is 8.68. The van der Waals surface area contributed by atoms with Crippen LogP contribution in [0.15, 0.2) is 114 Å². The number of rotatable bonds is 11. The van der Waals surface area contributed by atoms with E-state index in [1.165, 1.54) is 42.5 Å². The number of sulfonamides is 1. The summed E-state index contributed by atoms with van der Waals surface area (Å²) in [5, 5.41) is 2.80. The van der Waals surface area contributed by atoms with Crippen molar-refractivity contribution in [1.82, 2.24) is 4.90 Å². The van der Waals surface area contributed by atoms with Crippen molar-refractivity contribution in [1.29, 1.82) is 0 Å². The highest BCUT2D eigenvalue weighted by atomic mass is 35.5. The van der Waals surface area contributed by atoms with Crippen LogP contribution in [0.5, 0.6) is 11.5 Å². The molecule has 0 fully saturated rings. The van der Waals surface area contributed by atoms with E-state index in [-0.39, 0.29) is 29.2 Å². The molecule has 0 saturated heterocycles. The zero-order valence-electron chi connectivity index (χ0n) is 23.2. The molecule has 5 aromatic carbocycles. The number of carbonyl (C=O) groups is 1. The van der Waals surface area contributed by atoms with Crippen molar-refractivity contribution >= 4 is 55.6 Å². The second-order valence-electron chi connectivity index (χ2n) is 9.66. The lowest BCUT2D eigenvalue weighted by atomic mass is 10.0. The second kappa shape index (κ2) is 13.5. The Labute approximate surface area is 260 Å². The number of nitrogens with one attached hydrogen (secondary N) is 1. The molecule has 0 spiro atoms. The predicted octanol–water partition coefficient (Wildman–Crippen LogP) is 8.03. The number of anilines is 1. The lowest BCUT2D eigenvalue weighted by Crippen LogP contribution is -2.34. The van der Waals surface area contributed by atoms with Crippen LogP contribution in [0.2, 0.25) is 10.0 Å². The normalized spacial score (nSPS) is 11.3. The van der Waals surface area contributed by atoms with Gasteiger partial charge in [0.2, 0.25) is 0 Å². The maximum Gasteiger partial charge on any atom is 0.261 e. The summed E-state index contributed by atoms with van der Waals surface area (Å²) in [6.45, 7) is 0.861. The molecule has 7 nitrogen and oxygen atoms in total. The van der Waals surface area contributed by atoms with Crippen LogP contribution in [0.25, 0.3) is 10.8 Å². The van der Waals surface area contributed by atoms with Gasteiger partial charge in [0.05, 0.1) is 27.8 Å². The third-order valence-electron chi connectivity index (χ3n) is 6.75. The molecule has 0 aliphatic carbocycles. The summed E-state index contributed by atoms with van der Waals surface area (Å²) < 4.78 is 40.4. The average Bonchev–Trinajstić information content (AvgIpc) is 3.01. The summed E-state index contributed by atoms with van der Waals surface area (Å²) >= 11 is 12.5. The first-order valence-corrected chi connectivity index (χ1v) is 15.6. The van der Waals surface area contributed by atoms with Crippen LogP contribution in [0.3, 0.4) is 0 Å². The van der Waals surface area contributed by atoms with Gasteiger partial charge in [-0.3, -0.25) is 9.52 Å². The second-order valence-corrected chi connectivity index (χ2v) is 12.2. The molecule has 0 aromatic heterocycles. The molecule has 0 saturated carbocycles. The van der Waals surface area contributed by atoms with Gasteiger partial charge in [-0.1, -0.05) is 77.8 Å². The minimum absolute atomic E-state index is 0.0145. The molecule has 10 heteroatoms. The van der Waals surface area contributed by atoms with Crippen LogP contribution >= 0.6 is 23.2 Å². The van der Waals surface area contributed by atoms with E-state index in [0.717, 1.165) is 16.3 Å². The van der Waals surface area contributed by atoms with Crippen molar-refractivity contribution in [2.75, 3.05) is 25.0 Å². The number of amides is 1. The van der Waals surface area contributed by atoms with E-state index in [1.54, 1.807) is 36.3 Å². The smallest absolute Gasteiger partial charge is 0.261 e. The Bertz CT molecular complexity index is 1860. The largest absolute Gasteiger partial charge is 0.456 e. The van der Waals surface area contributed by atoms with Crippen LogP contribution in [-0.2, 0) is 21.3 Å².